The molecule has 15 heteroatoms. The number of rotatable bonds is 6. The molecule has 2 N–H and O–H groups in total. The van der Waals surface area contributed by atoms with Crippen LogP contribution in [0, 0.1) is 0 Å². The quantitative estimate of drug-likeness (QED) is 0.194. The van der Waals surface area contributed by atoms with Crippen LogP contribution in [0.4, 0.5) is 24.0 Å². The predicted molar refractivity (Wildman–Crippen MR) is 83.1 cm³/mol. The van der Waals surface area contributed by atoms with Gasteiger partial charge in [0.05, 0.1) is 12.7 Å². The average molecular weight is 428 g/mol. The zero-order valence-electron chi connectivity index (χ0n) is 15.2. The van der Waals surface area contributed by atoms with Crippen molar-refractivity contribution in [2.75, 3.05) is 19.8 Å². The van der Waals surface area contributed by atoms with Crippen molar-refractivity contribution in [3.8, 4) is 0 Å². The largest absolute Gasteiger partial charge is 0.652 e. The maximum Gasteiger partial charge on any atom is 0.505 e. The lowest BCUT2D eigenvalue weighted by atomic mass is 10.4. The average Bonchev–Trinajstić information content (AvgIpc) is 2.60. The summed E-state index contributed by atoms with van der Waals surface area (Å²) in [5.74, 6) is 0. The van der Waals surface area contributed by atoms with Gasteiger partial charge in [-0.15, -0.1) is 26.3 Å². The highest BCUT2D eigenvalue weighted by molar-refractivity contribution is 5.57. The molecule has 0 aliphatic carbocycles. The second-order valence-electron chi connectivity index (χ2n) is 3.22. The Morgan fingerprint density at radius 2 is 1.10 bits per heavy atom. The number of carbonyl (C=O) groups excluding carboxylic acids is 3. The molecule has 15 nitrogen and oxygen atoms in total. The van der Waals surface area contributed by atoms with Crippen LogP contribution in [0.2, 0.25) is 0 Å². The normalized spacial score (nSPS) is 8.45. The molecule has 0 aromatic carbocycles. The fourth-order valence-electron chi connectivity index (χ4n) is 0.641. The summed E-state index contributed by atoms with van der Waals surface area (Å²) in [4.78, 5) is 46.9. The van der Waals surface area contributed by atoms with E-state index in [-0.39, 0.29) is 19.8 Å². The minimum absolute atomic E-state index is 0.316. The zero-order valence-corrected chi connectivity index (χ0v) is 15.2. The van der Waals surface area contributed by atoms with Crippen LogP contribution in [0.25, 0.3) is 0 Å². The highest BCUT2D eigenvalue weighted by Crippen LogP contribution is 1.91. The number of ether oxygens (including phenoxy) is 4. The number of carbonyl (C=O) groups is 5. The molecule has 29 heavy (non-hydrogen) atoms. The van der Waals surface area contributed by atoms with Crippen molar-refractivity contribution in [2.24, 2.45) is 0 Å². The molecule has 170 valence electrons. The van der Waals surface area contributed by atoms with Gasteiger partial charge >= 0.3 is 12.3 Å². The fraction of sp³-hybridized carbons (Fsp3) is 0.357. The van der Waals surface area contributed by atoms with Gasteiger partial charge in [0.1, 0.15) is 13.2 Å². The Kier molecular flexibility index (Phi) is 35.4. The third kappa shape index (κ3) is 81.1. The van der Waals surface area contributed by atoms with Crippen molar-refractivity contribution in [3.05, 3.63) is 26.3 Å². The molecular formula is C14H20O15-4. The third-order valence-corrected chi connectivity index (χ3v) is 1.27. The van der Waals surface area contributed by atoms with E-state index in [0.717, 1.165) is 0 Å². The van der Waals surface area contributed by atoms with E-state index in [1.54, 1.807) is 0 Å². The molecule has 0 rings (SSSR count). The van der Waals surface area contributed by atoms with Gasteiger partial charge in [0.2, 0.25) is 0 Å². The standard InChI is InChI=1S/C5H8O6.C4H6O6.2C2H4.CH2O3/c1-3(11-5(8)9)2-10-4(6)7;5-3(6)9-1-2-10-4(7)8;2*1-2;2-1(3)4/h3H,2H2,1H3,(H,6,7)(H,8,9);1-2H2,(H,5,6)(H,7,8);2*1-2H2;(H2,2,3,4)/p-4. The fourth-order valence-corrected chi connectivity index (χ4v) is 0.641. The van der Waals surface area contributed by atoms with Gasteiger partial charge < -0.3 is 64.0 Å². The summed E-state index contributed by atoms with van der Waals surface area (Å²) in [7, 11) is 0. The van der Waals surface area contributed by atoms with Gasteiger partial charge in [-0.3, -0.25) is 0 Å². The van der Waals surface area contributed by atoms with Crippen molar-refractivity contribution in [1.29, 1.82) is 0 Å². The maximum absolute atomic E-state index is 9.75. The monoisotopic (exact) mass is 428 g/mol. The van der Waals surface area contributed by atoms with Crippen LogP contribution in [0.15, 0.2) is 26.3 Å². The first-order valence-electron chi connectivity index (χ1n) is 6.69. The van der Waals surface area contributed by atoms with E-state index >= 15 is 0 Å². The Labute approximate surface area is 164 Å². The lowest BCUT2D eigenvalue weighted by Crippen LogP contribution is -2.37. The van der Waals surface area contributed by atoms with E-state index in [1.165, 1.54) is 6.92 Å². The van der Waals surface area contributed by atoms with Gasteiger partial charge in [0.25, 0.3) is 12.3 Å². The lowest BCUT2D eigenvalue weighted by Gasteiger charge is -2.15. The highest BCUT2D eigenvalue weighted by atomic mass is 16.7. The first kappa shape index (κ1) is 35.9. The molecular weight excluding hydrogens is 408 g/mol. The van der Waals surface area contributed by atoms with E-state index in [9.17, 15) is 29.4 Å². The summed E-state index contributed by atoms with van der Waals surface area (Å²) < 4.78 is 15.7. The van der Waals surface area contributed by atoms with Crippen molar-refractivity contribution in [3.63, 3.8) is 0 Å². The van der Waals surface area contributed by atoms with Crippen LogP contribution >= 0.6 is 0 Å². The molecule has 0 amide bonds. The van der Waals surface area contributed by atoms with Crippen LogP contribution < -0.4 is 20.4 Å². The first-order chi connectivity index (χ1) is 13.4. The van der Waals surface area contributed by atoms with Gasteiger partial charge in [0.15, 0.2) is 0 Å². The topological polar surface area (TPSA) is 255 Å². The van der Waals surface area contributed by atoms with E-state index < -0.39 is 36.9 Å². The molecule has 0 radical (unpaired) electrons. The molecule has 0 spiro atoms. The SMILES string of the molecule is C=C.C=C.CC(COC(=O)O)OC(=O)[O-].O=C([O-])OCCOC(=O)O.O=C([O-])[O-]. The molecule has 0 aliphatic rings. The van der Waals surface area contributed by atoms with Crippen LogP contribution in [0.5, 0.6) is 0 Å². The summed E-state index contributed by atoms with van der Waals surface area (Å²) in [6.45, 7) is 12.4. The van der Waals surface area contributed by atoms with Gasteiger partial charge in [-0.05, 0) is 13.1 Å². The third-order valence-electron chi connectivity index (χ3n) is 1.27. The maximum atomic E-state index is 9.75. The Morgan fingerprint density at radius 3 is 1.38 bits per heavy atom. The van der Waals surface area contributed by atoms with Gasteiger partial charge in [-0.2, -0.15) is 0 Å². The minimum atomic E-state index is -2.33. The smallest absolute Gasteiger partial charge is 0.505 e. The summed E-state index contributed by atoms with van der Waals surface area (Å²) >= 11 is 0. The number of hydrogen-bond acceptors (Lipinski definition) is 13. The Hall–Kier alpha value is -4.17. The molecule has 1 unspecified atom stereocenters. The summed E-state index contributed by atoms with van der Waals surface area (Å²) in [6, 6.07) is 0. The molecule has 0 saturated heterocycles. The van der Waals surface area contributed by atoms with Crippen LogP contribution in [-0.2, 0) is 18.9 Å². The van der Waals surface area contributed by atoms with Crippen LogP contribution in [0.1, 0.15) is 6.92 Å². The van der Waals surface area contributed by atoms with Crippen molar-refractivity contribution in [2.45, 2.75) is 13.0 Å². The van der Waals surface area contributed by atoms with Gasteiger partial charge in [0, 0.05) is 0 Å². The van der Waals surface area contributed by atoms with Crippen molar-refractivity contribution >= 4 is 30.8 Å². The summed E-state index contributed by atoms with van der Waals surface area (Å²) in [5, 5.41) is 51.7. The molecule has 0 aliphatic heterocycles. The van der Waals surface area contributed by atoms with Crippen LogP contribution in [0.3, 0.4) is 0 Å². The molecule has 0 aromatic rings. The number of hydrogen-bond donors (Lipinski definition) is 2. The summed E-state index contributed by atoms with van der Waals surface area (Å²) in [5.41, 5.74) is 0. The van der Waals surface area contributed by atoms with Gasteiger partial charge in [-0.25, -0.2) is 9.59 Å². The van der Waals surface area contributed by atoms with Crippen molar-refractivity contribution < 1.29 is 73.6 Å². The van der Waals surface area contributed by atoms with E-state index in [0.29, 0.717) is 0 Å². The second-order valence-corrected chi connectivity index (χ2v) is 3.22. The molecule has 0 fully saturated rings. The lowest BCUT2D eigenvalue weighted by molar-refractivity contribution is -0.415. The summed E-state index contributed by atoms with van der Waals surface area (Å²) in [6.07, 6.45) is -9.52. The predicted octanol–water partition coefficient (Wildman–Crippen LogP) is -2.37. The molecule has 0 aromatic heterocycles. The highest BCUT2D eigenvalue weighted by Gasteiger charge is 2.03. The van der Waals surface area contributed by atoms with Gasteiger partial charge in [-0.1, -0.05) is 0 Å². The molecule has 1 atom stereocenters. The molecule has 0 heterocycles. The second kappa shape index (κ2) is 28.6. The Bertz CT molecular complexity index is 440. The van der Waals surface area contributed by atoms with Crippen LogP contribution in [-0.4, -0.2) is 66.9 Å². The number of carboxylic acid groups (broad SMARTS) is 6. The minimum Gasteiger partial charge on any atom is -0.652 e. The zero-order chi connectivity index (χ0) is 24.4. The Morgan fingerprint density at radius 1 is 0.759 bits per heavy atom. The van der Waals surface area contributed by atoms with E-state index in [2.05, 4.69) is 45.3 Å². The molecule has 0 bridgehead atoms. The van der Waals surface area contributed by atoms with E-state index in [4.69, 9.17) is 25.2 Å². The Balaban J connectivity index is -0.0000000979. The van der Waals surface area contributed by atoms with Crippen molar-refractivity contribution in [1.82, 2.24) is 0 Å². The first-order valence-corrected chi connectivity index (χ1v) is 6.69. The van der Waals surface area contributed by atoms with E-state index in [1.807, 2.05) is 0 Å². The molecule has 0 saturated carbocycles.